The van der Waals surface area contributed by atoms with Crippen LogP contribution in [0.1, 0.15) is 50.5 Å². The van der Waals surface area contributed by atoms with E-state index >= 15 is 0 Å². The van der Waals surface area contributed by atoms with Gasteiger partial charge in [-0.3, -0.25) is 18.7 Å². The Morgan fingerprint density at radius 3 is 2.38 bits per heavy atom. The van der Waals surface area contributed by atoms with Crippen molar-refractivity contribution in [3.63, 3.8) is 0 Å². The minimum absolute atomic E-state index is 0.264. The van der Waals surface area contributed by atoms with Crippen LogP contribution in [0.3, 0.4) is 0 Å². The van der Waals surface area contributed by atoms with Crippen molar-refractivity contribution < 1.29 is 18.4 Å². The zero-order valence-electron chi connectivity index (χ0n) is 17.0. The predicted octanol–water partition coefficient (Wildman–Crippen LogP) is 3.46. The van der Waals surface area contributed by atoms with E-state index < -0.39 is 23.3 Å². The first-order valence-electron chi connectivity index (χ1n) is 9.63. The van der Waals surface area contributed by atoms with E-state index in [0.717, 1.165) is 0 Å². The third-order valence-corrected chi connectivity index (χ3v) is 4.58. The zero-order valence-corrected chi connectivity index (χ0v) is 17.0. The van der Waals surface area contributed by atoms with Crippen LogP contribution in [0.5, 0.6) is 0 Å². The number of halogens is 2. The average molecular weight is 406 g/mol. The van der Waals surface area contributed by atoms with Crippen molar-refractivity contribution in [2.24, 2.45) is 11.1 Å². The van der Waals surface area contributed by atoms with Crippen LogP contribution in [-0.2, 0) is 11.3 Å². The summed E-state index contributed by atoms with van der Waals surface area (Å²) in [7, 11) is 0. The molecule has 0 aliphatic heterocycles. The van der Waals surface area contributed by atoms with E-state index in [0.29, 0.717) is 37.1 Å². The third kappa shape index (κ3) is 6.10. The third-order valence-electron chi connectivity index (χ3n) is 4.58. The zero-order chi connectivity index (χ0) is 21.6. The van der Waals surface area contributed by atoms with Gasteiger partial charge in [0.05, 0.1) is 12.4 Å². The van der Waals surface area contributed by atoms with Gasteiger partial charge in [0.2, 0.25) is 5.91 Å². The highest BCUT2D eigenvalue weighted by atomic mass is 19.1. The maximum Gasteiger partial charge on any atom is 0.270 e. The number of alkyl halides is 1. The summed E-state index contributed by atoms with van der Waals surface area (Å²) in [5.74, 6) is -1.47. The minimum atomic E-state index is -0.862. The van der Waals surface area contributed by atoms with Crippen molar-refractivity contribution in [1.29, 1.82) is 0 Å². The number of aryl methyl sites for hydroxylation is 1. The Balaban J connectivity index is 2.32. The molecule has 1 aromatic heterocycles. The van der Waals surface area contributed by atoms with E-state index in [1.165, 1.54) is 16.8 Å². The number of unbranched alkanes of at least 4 members (excludes halogenated alkanes) is 2. The molecule has 1 heterocycles. The van der Waals surface area contributed by atoms with Gasteiger partial charge in [-0.15, -0.1) is 0 Å². The van der Waals surface area contributed by atoms with Gasteiger partial charge in [0, 0.05) is 12.1 Å². The SMILES string of the molecule is CC(C)(C)[C@H](NC(=O)c1cc(-c2ccc(F)cc2)nn1CCCCCF)C(N)=O. The number of carbonyl (C=O) groups is 2. The topological polar surface area (TPSA) is 90.0 Å². The summed E-state index contributed by atoms with van der Waals surface area (Å²) in [5, 5.41) is 7.16. The molecule has 0 saturated heterocycles. The lowest BCUT2D eigenvalue weighted by atomic mass is 9.86. The molecule has 1 aromatic carbocycles. The second-order valence-electron chi connectivity index (χ2n) is 8.07. The normalized spacial score (nSPS) is 12.6. The monoisotopic (exact) mass is 406 g/mol. The van der Waals surface area contributed by atoms with Gasteiger partial charge < -0.3 is 11.1 Å². The van der Waals surface area contributed by atoms with E-state index in [9.17, 15) is 18.4 Å². The van der Waals surface area contributed by atoms with Gasteiger partial charge in [-0.25, -0.2) is 4.39 Å². The second-order valence-corrected chi connectivity index (χ2v) is 8.07. The van der Waals surface area contributed by atoms with Gasteiger partial charge in [-0.05, 0) is 55.0 Å². The van der Waals surface area contributed by atoms with Crippen LogP contribution in [0.2, 0.25) is 0 Å². The summed E-state index contributed by atoms with van der Waals surface area (Å²) < 4.78 is 27.1. The Bertz CT molecular complexity index is 841. The van der Waals surface area contributed by atoms with Gasteiger partial charge in [-0.2, -0.15) is 5.10 Å². The molecule has 0 fully saturated rings. The summed E-state index contributed by atoms with van der Waals surface area (Å²) in [5.41, 5.74) is 6.33. The molecule has 0 saturated carbocycles. The van der Waals surface area contributed by atoms with Crippen molar-refractivity contribution in [1.82, 2.24) is 15.1 Å². The molecule has 0 unspecified atom stereocenters. The van der Waals surface area contributed by atoms with Crippen LogP contribution in [-0.4, -0.2) is 34.3 Å². The van der Waals surface area contributed by atoms with Crippen LogP contribution in [0, 0.1) is 11.2 Å². The number of benzene rings is 1. The van der Waals surface area contributed by atoms with Crippen molar-refractivity contribution in [2.45, 2.75) is 52.6 Å². The van der Waals surface area contributed by atoms with Crippen molar-refractivity contribution in [2.75, 3.05) is 6.67 Å². The number of primary amides is 1. The lowest BCUT2D eigenvalue weighted by Crippen LogP contribution is -2.52. The average Bonchev–Trinajstić information content (AvgIpc) is 3.06. The first-order chi connectivity index (χ1) is 13.6. The number of rotatable bonds is 9. The number of amides is 2. The van der Waals surface area contributed by atoms with Crippen LogP contribution < -0.4 is 11.1 Å². The summed E-state index contributed by atoms with van der Waals surface area (Å²) in [6, 6.07) is 6.52. The van der Waals surface area contributed by atoms with E-state index in [2.05, 4.69) is 10.4 Å². The van der Waals surface area contributed by atoms with E-state index in [1.54, 1.807) is 39.0 Å². The molecule has 2 amide bonds. The number of nitrogens with two attached hydrogens (primary N) is 1. The summed E-state index contributed by atoms with van der Waals surface area (Å²) in [6.07, 6.45) is 1.75. The smallest absolute Gasteiger partial charge is 0.270 e. The maximum atomic E-state index is 13.2. The standard InChI is InChI=1S/C21H28F2N4O2/c1-21(2,3)18(19(24)28)25-20(29)17-13-16(14-7-9-15(23)10-8-14)26-27(17)12-6-4-5-11-22/h7-10,13,18H,4-6,11-12H2,1-3H3,(H2,24,28)(H,25,29)/t18-/m1/s1. The second kappa shape index (κ2) is 9.62. The Morgan fingerprint density at radius 2 is 1.83 bits per heavy atom. The van der Waals surface area contributed by atoms with Crippen LogP contribution in [0.25, 0.3) is 11.3 Å². The molecule has 29 heavy (non-hydrogen) atoms. The molecule has 0 bridgehead atoms. The lowest BCUT2D eigenvalue weighted by Gasteiger charge is -2.28. The Labute approximate surface area is 169 Å². The summed E-state index contributed by atoms with van der Waals surface area (Å²) in [6.45, 7) is 5.45. The highest BCUT2D eigenvalue weighted by molar-refractivity contribution is 5.97. The number of hydrogen-bond donors (Lipinski definition) is 2. The first kappa shape index (κ1) is 22.5. The van der Waals surface area contributed by atoms with Gasteiger partial charge in [-0.1, -0.05) is 20.8 Å². The molecule has 8 heteroatoms. The van der Waals surface area contributed by atoms with E-state index in [4.69, 9.17) is 5.73 Å². The first-order valence-corrected chi connectivity index (χ1v) is 9.63. The number of nitrogens with zero attached hydrogens (tertiary/aromatic N) is 2. The minimum Gasteiger partial charge on any atom is -0.368 e. The highest BCUT2D eigenvalue weighted by Crippen LogP contribution is 2.22. The number of carbonyl (C=O) groups excluding carboxylic acids is 2. The molecule has 0 aliphatic carbocycles. The number of aromatic nitrogens is 2. The molecule has 3 N–H and O–H groups in total. The van der Waals surface area contributed by atoms with Gasteiger partial charge in [0.15, 0.2) is 0 Å². The Morgan fingerprint density at radius 1 is 1.17 bits per heavy atom. The highest BCUT2D eigenvalue weighted by Gasteiger charge is 2.32. The molecular formula is C21H28F2N4O2. The fourth-order valence-corrected chi connectivity index (χ4v) is 2.98. The molecule has 2 aromatic rings. The predicted molar refractivity (Wildman–Crippen MR) is 107 cm³/mol. The summed E-state index contributed by atoms with van der Waals surface area (Å²) >= 11 is 0. The number of hydrogen-bond acceptors (Lipinski definition) is 3. The van der Waals surface area contributed by atoms with Crippen molar-refractivity contribution in [3.8, 4) is 11.3 Å². The molecule has 0 aliphatic rings. The van der Waals surface area contributed by atoms with Crippen LogP contribution in [0.15, 0.2) is 30.3 Å². The molecule has 158 valence electrons. The van der Waals surface area contributed by atoms with Gasteiger partial charge in [0.1, 0.15) is 17.6 Å². The molecule has 0 spiro atoms. The maximum absolute atomic E-state index is 13.2. The quantitative estimate of drug-likeness (QED) is 0.625. The van der Waals surface area contributed by atoms with Crippen molar-refractivity contribution in [3.05, 3.63) is 41.8 Å². The molecule has 2 rings (SSSR count). The molecule has 0 radical (unpaired) electrons. The fourth-order valence-electron chi connectivity index (χ4n) is 2.98. The number of nitrogens with one attached hydrogen (secondary N) is 1. The van der Waals surface area contributed by atoms with E-state index in [1.807, 2.05) is 0 Å². The lowest BCUT2D eigenvalue weighted by molar-refractivity contribution is -0.122. The summed E-state index contributed by atoms with van der Waals surface area (Å²) in [4.78, 5) is 24.7. The molecule has 6 nitrogen and oxygen atoms in total. The molecule has 1 atom stereocenters. The Hall–Kier alpha value is -2.77. The van der Waals surface area contributed by atoms with Crippen molar-refractivity contribution >= 4 is 11.8 Å². The van der Waals surface area contributed by atoms with Crippen LogP contribution >= 0.6 is 0 Å². The van der Waals surface area contributed by atoms with Gasteiger partial charge in [0.25, 0.3) is 5.91 Å². The fraction of sp³-hybridized carbons (Fsp3) is 0.476. The van der Waals surface area contributed by atoms with Gasteiger partial charge >= 0.3 is 0 Å². The largest absolute Gasteiger partial charge is 0.368 e. The molecular weight excluding hydrogens is 378 g/mol. The van der Waals surface area contributed by atoms with E-state index in [-0.39, 0.29) is 18.2 Å². The Kier molecular flexibility index (Phi) is 7.47. The van der Waals surface area contributed by atoms with Crippen LogP contribution in [0.4, 0.5) is 8.78 Å².